The SMILES string of the molecule is [N-]=[N+]=NS(=O)(=O)c1c(F)cccc1F. The molecule has 0 saturated heterocycles. The van der Waals surface area contributed by atoms with Crippen molar-refractivity contribution in [3.63, 3.8) is 0 Å². The van der Waals surface area contributed by atoms with Crippen LogP contribution in [0.1, 0.15) is 0 Å². The molecule has 1 aromatic carbocycles. The normalized spacial score (nSPS) is 10.7. The second kappa shape index (κ2) is 3.60. The van der Waals surface area contributed by atoms with Crippen molar-refractivity contribution in [3.8, 4) is 0 Å². The van der Waals surface area contributed by atoms with E-state index in [1.807, 2.05) is 4.91 Å². The van der Waals surface area contributed by atoms with Crippen LogP contribution in [-0.2, 0) is 10.0 Å². The predicted molar refractivity (Wildman–Crippen MR) is 42.7 cm³/mol. The molecular weight excluding hydrogens is 216 g/mol. The Hall–Kier alpha value is -1.66. The average Bonchev–Trinajstić information content (AvgIpc) is 2.02. The molecule has 1 aromatic rings. The Morgan fingerprint density at radius 2 is 1.79 bits per heavy atom. The molecule has 5 nitrogen and oxygen atoms in total. The van der Waals surface area contributed by atoms with Gasteiger partial charge in [0.15, 0.2) is 0 Å². The van der Waals surface area contributed by atoms with Crippen LogP contribution in [0.3, 0.4) is 0 Å². The molecule has 74 valence electrons. The van der Waals surface area contributed by atoms with Gasteiger partial charge in [0.1, 0.15) is 16.5 Å². The molecule has 0 aliphatic carbocycles. The van der Waals surface area contributed by atoms with Gasteiger partial charge in [-0.25, -0.2) is 17.2 Å². The first-order valence-corrected chi connectivity index (χ1v) is 4.68. The second-order valence-corrected chi connectivity index (χ2v) is 3.72. The minimum atomic E-state index is -4.61. The standard InChI is InChI=1S/C6H3F2N3O2S/c7-4-2-1-3-5(8)6(4)14(12,13)11-10-9/h1-3H. The van der Waals surface area contributed by atoms with Crippen LogP contribution in [0.2, 0.25) is 0 Å². The van der Waals surface area contributed by atoms with Gasteiger partial charge in [0.2, 0.25) is 0 Å². The van der Waals surface area contributed by atoms with Gasteiger partial charge in [-0.05, 0) is 17.7 Å². The van der Waals surface area contributed by atoms with Gasteiger partial charge in [0.25, 0.3) is 10.0 Å². The summed E-state index contributed by atoms with van der Waals surface area (Å²) in [7, 11) is -4.61. The van der Waals surface area contributed by atoms with Crippen molar-refractivity contribution in [3.05, 3.63) is 40.3 Å². The van der Waals surface area contributed by atoms with E-state index in [2.05, 4.69) is 4.52 Å². The Kier molecular flexibility index (Phi) is 2.68. The number of hydrogen-bond donors (Lipinski definition) is 0. The molecule has 0 aliphatic rings. The van der Waals surface area contributed by atoms with E-state index in [9.17, 15) is 17.2 Å². The lowest BCUT2D eigenvalue weighted by molar-refractivity contribution is 0.519. The van der Waals surface area contributed by atoms with Crippen molar-refractivity contribution in [1.29, 1.82) is 0 Å². The van der Waals surface area contributed by atoms with Crippen molar-refractivity contribution in [1.82, 2.24) is 0 Å². The molecule has 0 spiro atoms. The van der Waals surface area contributed by atoms with Gasteiger partial charge in [-0.1, -0.05) is 6.07 Å². The van der Waals surface area contributed by atoms with E-state index in [1.54, 1.807) is 0 Å². The lowest BCUT2D eigenvalue weighted by Crippen LogP contribution is -2.02. The van der Waals surface area contributed by atoms with Crippen LogP contribution < -0.4 is 0 Å². The molecule has 14 heavy (non-hydrogen) atoms. The maximum atomic E-state index is 12.9. The van der Waals surface area contributed by atoms with Crippen LogP contribution in [0.5, 0.6) is 0 Å². The average molecular weight is 219 g/mol. The van der Waals surface area contributed by atoms with Crippen LogP contribution >= 0.6 is 0 Å². The Balaban J connectivity index is 3.55. The van der Waals surface area contributed by atoms with Crippen molar-refractivity contribution in [2.45, 2.75) is 4.90 Å². The zero-order chi connectivity index (χ0) is 10.8. The Labute approximate surface area is 77.7 Å². The van der Waals surface area contributed by atoms with Gasteiger partial charge in [-0.2, -0.15) is 0 Å². The van der Waals surface area contributed by atoms with E-state index in [1.165, 1.54) is 0 Å². The van der Waals surface area contributed by atoms with Gasteiger partial charge in [-0.15, -0.1) is 0 Å². The summed E-state index contributed by atoms with van der Waals surface area (Å²) in [4.78, 5) is 0.732. The third-order valence-electron chi connectivity index (χ3n) is 1.32. The Morgan fingerprint density at radius 3 is 2.21 bits per heavy atom. The molecule has 0 atom stereocenters. The zero-order valence-corrected chi connectivity index (χ0v) is 7.37. The molecule has 0 fully saturated rings. The smallest absolute Gasteiger partial charge is 0.216 e. The summed E-state index contributed by atoms with van der Waals surface area (Å²) in [5, 5.41) is 0. The molecule has 0 amide bonds. The van der Waals surface area contributed by atoms with Gasteiger partial charge in [-0.3, -0.25) is 0 Å². The summed E-state index contributed by atoms with van der Waals surface area (Å²) < 4.78 is 50.0. The third-order valence-corrected chi connectivity index (χ3v) is 2.51. The van der Waals surface area contributed by atoms with E-state index >= 15 is 0 Å². The van der Waals surface area contributed by atoms with Gasteiger partial charge in [0, 0.05) is 9.43 Å². The highest BCUT2D eigenvalue weighted by Crippen LogP contribution is 2.20. The van der Waals surface area contributed by atoms with Crippen LogP contribution in [0.15, 0.2) is 27.6 Å². The van der Waals surface area contributed by atoms with E-state index in [0.717, 1.165) is 18.2 Å². The highest BCUT2D eigenvalue weighted by Gasteiger charge is 2.22. The quantitative estimate of drug-likeness (QED) is 0.432. The van der Waals surface area contributed by atoms with Crippen molar-refractivity contribution >= 4 is 10.0 Å². The highest BCUT2D eigenvalue weighted by molar-refractivity contribution is 7.90. The minimum Gasteiger partial charge on any atom is -0.216 e. The Bertz CT molecular complexity index is 488. The van der Waals surface area contributed by atoms with Crippen molar-refractivity contribution in [2.24, 2.45) is 4.52 Å². The fourth-order valence-electron chi connectivity index (χ4n) is 0.818. The lowest BCUT2D eigenvalue weighted by Gasteiger charge is -1.99. The first kappa shape index (κ1) is 10.4. The maximum absolute atomic E-state index is 12.9. The molecule has 0 saturated carbocycles. The lowest BCUT2D eigenvalue weighted by atomic mass is 10.3. The van der Waals surface area contributed by atoms with Crippen LogP contribution in [0.25, 0.3) is 10.4 Å². The van der Waals surface area contributed by atoms with E-state index in [-0.39, 0.29) is 0 Å². The molecule has 0 aromatic heterocycles. The molecule has 0 radical (unpaired) electrons. The van der Waals surface area contributed by atoms with E-state index < -0.39 is 26.6 Å². The largest absolute Gasteiger partial charge is 0.270 e. The number of benzene rings is 1. The monoisotopic (exact) mass is 219 g/mol. The summed E-state index contributed by atoms with van der Waals surface area (Å²) in [6.45, 7) is 0. The number of nitrogens with zero attached hydrogens (tertiary/aromatic N) is 3. The van der Waals surface area contributed by atoms with Gasteiger partial charge < -0.3 is 0 Å². The van der Waals surface area contributed by atoms with Crippen molar-refractivity contribution in [2.75, 3.05) is 0 Å². The summed E-state index contributed by atoms with van der Waals surface area (Å²) in [6, 6.07) is 2.51. The van der Waals surface area contributed by atoms with Gasteiger partial charge >= 0.3 is 0 Å². The minimum absolute atomic E-state index is 0.753. The first-order chi connectivity index (χ1) is 6.49. The molecule has 0 bridgehead atoms. The first-order valence-electron chi connectivity index (χ1n) is 3.24. The van der Waals surface area contributed by atoms with Crippen LogP contribution in [-0.4, -0.2) is 8.42 Å². The predicted octanol–water partition coefficient (Wildman–Crippen LogP) is 1.96. The molecule has 8 heteroatoms. The number of hydrogen-bond acceptors (Lipinski definition) is 2. The number of azide groups is 1. The molecule has 0 N–H and O–H groups in total. The zero-order valence-electron chi connectivity index (χ0n) is 6.55. The highest BCUT2D eigenvalue weighted by atomic mass is 32.2. The maximum Gasteiger partial charge on any atom is 0.270 e. The third kappa shape index (κ3) is 1.81. The van der Waals surface area contributed by atoms with Crippen molar-refractivity contribution < 1.29 is 17.2 Å². The van der Waals surface area contributed by atoms with E-state index in [4.69, 9.17) is 5.53 Å². The van der Waals surface area contributed by atoms with Gasteiger partial charge in [0.05, 0.1) is 0 Å². The fourth-order valence-corrected chi connectivity index (χ4v) is 1.62. The summed E-state index contributed by atoms with van der Waals surface area (Å²) in [5.41, 5.74) is 7.88. The topological polar surface area (TPSA) is 82.9 Å². The molecule has 0 aliphatic heterocycles. The summed E-state index contributed by atoms with van der Waals surface area (Å²) in [5.74, 6) is -2.59. The number of halogens is 2. The molecule has 0 unspecified atom stereocenters. The number of rotatable bonds is 2. The Morgan fingerprint density at radius 1 is 1.29 bits per heavy atom. The molecule has 0 heterocycles. The molecular formula is C6H3F2N3O2S. The fraction of sp³-hybridized carbons (Fsp3) is 0. The second-order valence-electron chi connectivity index (χ2n) is 2.20. The summed E-state index contributed by atoms with van der Waals surface area (Å²) >= 11 is 0. The van der Waals surface area contributed by atoms with E-state index in [0.29, 0.717) is 0 Å². The summed E-state index contributed by atoms with van der Waals surface area (Å²) in [6.07, 6.45) is 0. The molecule has 1 rings (SSSR count). The van der Waals surface area contributed by atoms with Crippen LogP contribution in [0, 0.1) is 11.6 Å². The number of sulfonamides is 1. The van der Waals surface area contributed by atoms with Crippen LogP contribution in [0.4, 0.5) is 8.78 Å².